The Hall–Kier alpha value is -3.33. The van der Waals surface area contributed by atoms with E-state index in [1.807, 2.05) is 0 Å². The van der Waals surface area contributed by atoms with Crippen LogP contribution in [0.2, 0.25) is 0 Å². The van der Waals surface area contributed by atoms with Crippen LogP contribution in [0.4, 0.5) is 10.2 Å². The van der Waals surface area contributed by atoms with Gasteiger partial charge in [-0.15, -0.1) is 0 Å². The zero-order chi connectivity index (χ0) is 22.0. The highest BCUT2D eigenvalue weighted by molar-refractivity contribution is 7.98. The van der Waals surface area contributed by atoms with Gasteiger partial charge in [-0.25, -0.2) is 9.37 Å². The Morgan fingerprint density at radius 2 is 1.94 bits per heavy atom. The summed E-state index contributed by atoms with van der Waals surface area (Å²) >= 11 is 1.18. The Kier molecular flexibility index (Phi) is 5.94. The van der Waals surface area contributed by atoms with Gasteiger partial charge in [-0.2, -0.15) is 0 Å². The van der Waals surface area contributed by atoms with Crippen molar-refractivity contribution in [1.82, 2.24) is 9.97 Å². The van der Waals surface area contributed by atoms with Gasteiger partial charge in [-0.1, -0.05) is 42.1 Å². The molecule has 2 N–H and O–H groups in total. The second-order valence-electron chi connectivity index (χ2n) is 6.90. The number of fused-ring (bicyclic) bond motifs is 1. The van der Waals surface area contributed by atoms with Crippen LogP contribution in [0, 0.1) is 5.82 Å². The van der Waals surface area contributed by atoms with Crippen LogP contribution in [-0.4, -0.2) is 30.1 Å². The number of halogens is 1. The number of aromatic nitrogens is 2. The summed E-state index contributed by atoms with van der Waals surface area (Å²) in [5.74, 6) is 0.332. The van der Waals surface area contributed by atoms with Crippen molar-refractivity contribution in [3.05, 3.63) is 75.3 Å². The summed E-state index contributed by atoms with van der Waals surface area (Å²) < 4.78 is 24.7. The number of hydrogen-bond donors (Lipinski definition) is 2. The summed E-state index contributed by atoms with van der Waals surface area (Å²) in [6, 6.07) is 11.7. The molecule has 3 aromatic rings. The number of anilines is 1. The normalized spacial score (nSPS) is 15.2. The molecular weight excluding hydrogens is 421 g/mol. The summed E-state index contributed by atoms with van der Waals surface area (Å²) in [5.41, 5.74) is 1.14. The van der Waals surface area contributed by atoms with Crippen molar-refractivity contribution < 1.29 is 18.7 Å². The lowest BCUT2D eigenvalue weighted by molar-refractivity contribution is -0.116. The molecule has 0 saturated heterocycles. The lowest BCUT2D eigenvalue weighted by Gasteiger charge is -2.26. The third kappa shape index (κ3) is 4.13. The molecule has 2 aromatic carbocycles. The molecule has 4 rings (SSSR count). The van der Waals surface area contributed by atoms with Crippen LogP contribution in [-0.2, 0) is 10.5 Å². The topological polar surface area (TPSA) is 93.3 Å². The number of rotatable bonds is 6. The molecule has 160 valence electrons. The number of H-pyrrole nitrogens is 1. The van der Waals surface area contributed by atoms with E-state index >= 15 is 0 Å². The number of nitrogens with one attached hydrogen (secondary N) is 2. The molecular formula is C22H20FN3O4S. The van der Waals surface area contributed by atoms with Crippen molar-refractivity contribution in [3.8, 4) is 11.5 Å². The average Bonchev–Trinajstić information content (AvgIpc) is 2.77. The monoisotopic (exact) mass is 441 g/mol. The van der Waals surface area contributed by atoms with Gasteiger partial charge in [0.1, 0.15) is 11.6 Å². The van der Waals surface area contributed by atoms with E-state index in [1.54, 1.807) is 36.4 Å². The molecule has 0 fully saturated rings. The molecule has 1 aliphatic heterocycles. The van der Waals surface area contributed by atoms with Crippen LogP contribution in [0.5, 0.6) is 11.5 Å². The second kappa shape index (κ2) is 8.81. The molecule has 9 heteroatoms. The molecule has 31 heavy (non-hydrogen) atoms. The number of carbonyl (C=O) groups is 1. The number of para-hydroxylation sites is 1. The van der Waals surface area contributed by atoms with Crippen molar-refractivity contribution in [3.63, 3.8) is 0 Å². The van der Waals surface area contributed by atoms with E-state index in [0.29, 0.717) is 33.3 Å². The van der Waals surface area contributed by atoms with E-state index in [1.165, 1.54) is 32.0 Å². The average molecular weight is 441 g/mol. The van der Waals surface area contributed by atoms with E-state index in [0.717, 1.165) is 0 Å². The maximum atomic E-state index is 13.9. The van der Waals surface area contributed by atoms with Gasteiger partial charge >= 0.3 is 0 Å². The molecule has 0 unspecified atom stereocenters. The van der Waals surface area contributed by atoms with Crippen molar-refractivity contribution in [1.29, 1.82) is 0 Å². The van der Waals surface area contributed by atoms with Gasteiger partial charge in [0.05, 0.1) is 19.8 Å². The maximum Gasteiger partial charge on any atom is 0.257 e. The molecule has 1 aromatic heterocycles. The summed E-state index contributed by atoms with van der Waals surface area (Å²) in [6.07, 6.45) is 0.0724. The Balaban J connectivity index is 1.71. The smallest absolute Gasteiger partial charge is 0.257 e. The lowest BCUT2D eigenvalue weighted by Crippen LogP contribution is -2.31. The fourth-order valence-electron chi connectivity index (χ4n) is 3.63. The minimum absolute atomic E-state index is 0.0724. The molecule has 0 aliphatic carbocycles. The van der Waals surface area contributed by atoms with Gasteiger partial charge in [0, 0.05) is 23.7 Å². The Morgan fingerprint density at radius 1 is 1.13 bits per heavy atom. The quantitative estimate of drug-likeness (QED) is 0.448. The standard InChI is InChI=1S/C22H20FN3O4S/c1-29-16-9-5-7-13(19(16)30-2)14-10-17(27)24-20-18(14)21(28)26-22(25-20)31-11-12-6-3-4-8-15(12)23/h3-9,14H,10-11H2,1-2H3,(H2,24,25,26,27,28)/t14-/m1/s1. The van der Waals surface area contributed by atoms with Crippen LogP contribution in [0.15, 0.2) is 52.4 Å². The minimum atomic E-state index is -0.546. The summed E-state index contributed by atoms with van der Waals surface area (Å²) in [6.45, 7) is 0. The third-order valence-corrected chi connectivity index (χ3v) is 5.98. The predicted molar refractivity (Wildman–Crippen MR) is 115 cm³/mol. The van der Waals surface area contributed by atoms with Crippen LogP contribution in [0.3, 0.4) is 0 Å². The Labute approximate surface area is 182 Å². The number of aromatic amines is 1. The van der Waals surface area contributed by atoms with E-state index < -0.39 is 5.92 Å². The fourth-order valence-corrected chi connectivity index (χ4v) is 4.48. The number of methoxy groups -OCH3 is 2. The SMILES string of the molecule is COc1cccc([C@H]2CC(=O)Nc3nc(SCc4ccccc4F)[nH]c(=O)c32)c1OC. The van der Waals surface area contributed by atoms with E-state index in [4.69, 9.17) is 9.47 Å². The van der Waals surface area contributed by atoms with E-state index in [9.17, 15) is 14.0 Å². The number of ether oxygens (including phenoxy) is 2. The van der Waals surface area contributed by atoms with E-state index in [2.05, 4.69) is 15.3 Å². The summed E-state index contributed by atoms with van der Waals surface area (Å²) in [5, 5.41) is 2.98. The van der Waals surface area contributed by atoms with Crippen molar-refractivity contribution in [2.24, 2.45) is 0 Å². The summed E-state index contributed by atoms with van der Waals surface area (Å²) in [4.78, 5) is 32.6. The molecule has 2 heterocycles. The van der Waals surface area contributed by atoms with Gasteiger partial charge in [0.15, 0.2) is 16.7 Å². The van der Waals surface area contributed by atoms with E-state index in [-0.39, 0.29) is 35.3 Å². The number of benzene rings is 2. The molecule has 0 bridgehead atoms. The first kappa shape index (κ1) is 20.9. The van der Waals surface area contributed by atoms with Crippen LogP contribution >= 0.6 is 11.8 Å². The number of amides is 1. The molecule has 7 nitrogen and oxygen atoms in total. The molecule has 1 aliphatic rings. The van der Waals surface area contributed by atoms with Gasteiger partial charge in [0.25, 0.3) is 5.56 Å². The molecule has 0 radical (unpaired) electrons. The van der Waals surface area contributed by atoms with Gasteiger partial charge in [0.2, 0.25) is 5.91 Å². The number of thioether (sulfide) groups is 1. The highest BCUT2D eigenvalue weighted by Gasteiger charge is 2.33. The fraction of sp³-hybridized carbons (Fsp3) is 0.227. The van der Waals surface area contributed by atoms with Crippen LogP contribution in [0.1, 0.15) is 29.0 Å². The molecule has 0 spiro atoms. The van der Waals surface area contributed by atoms with Crippen LogP contribution in [0.25, 0.3) is 0 Å². The van der Waals surface area contributed by atoms with Crippen molar-refractivity contribution >= 4 is 23.5 Å². The van der Waals surface area contributed by atoms with Gasteiger partial charge in [-0.3, -0.25) is 9.59 Å². The molecule has 1 amide bonds. The Bertz CT molecular complexity index is 1200. The number of nitrogens with zero attached hydrogens (tertiary/aromatic N) is 1. The minimum Gasteiger partial charge on any atom is -0.493 e. The molecule has 1 atom stereocenters. The van der Waals surface area contributed by atoms with Crippen molar-refractivity contribution in [2.75, 3.05) is 19.5 Å². The predicted octanol–water partition coefficient (Wildman–Crippen LogP) is 3.69. The second-order valence-corrected chi connectivity index (χ2v) is 7.87. The highest BCUT2D eigenvalue weighted by atomic mass is 32.2. The maximum absolute atomic E-state index is 13.9. The number of hydrogen-bond acceptors (Lipinski definition) is 6. The Morgan fingerprint density at radius 3 is 2.68 bits per heavy atom. The highest BCUT2D eigenvalue weighted by Crippen LogP contribution is 2.42. The van der Waals surface area contributed by atoms with Gasteiger partial charge in [-0.05, 0) is 17.7 Å². The molecule has 0 saturated carbocycles. The first-order valence-corrected chi connectivity index (χ1v) is 10.5. The van der Waals surface area contributed by atoms with Crippen molar-refractivity contribution in [2.45, 2.75) is 23.2 Å². The summed E-state index contributed by atoms with van der Waals surface area (Å²) in [7, 11) is 3.03. The largest absolute Gasteiger partial charge is 0.493 e. The van der Waals surface area contributed by atoms with Gasteiger partial charge < -0.3 is 19.8 Å². The number of carbonyl (C=O) groups excluding carboxylic acids is 1. The first-order chi connectivity index (χ1) is 15.0. The first-order valence-electron chi connectivity index (χ1n) is 9.53. The zero-order valence-electron chi connectivity index (χ0n) is 16.9. The van der Waals surface area contributed by atoms with Crippen LogP contribution < -0.4 is 20.3 Å². The lowest BCUT2D eigenvalue weighted by atomic mass is 9.86. The third-order valence-electron chi connectivity index (χ3n) is 5.06. The zero-order valence-corrected chi connectivity index (χ0v) is 17.7.